The molecule has 23 heavy (non-hydrogen) atoms. The van der Waals surface area contributed by atoms with Crippen LogP contribution in [0.4, 0.5) is 0 Å². The van der Waals surface area contributed by atoms with Crippen molar-refractivity contribution in [2.75, 3.05) is 7.11 Å². The highest BCUT2D eigenvalue weighted by atomic mass is 16.5. The normalized spacial score (nSPS) is 13.3. The summed E-state index contributed by atoms with van der Waals surface area (Å²) < 4.78 is 12.0. The fourth-order valence-corrected chi connectivity index (χ4v) is 2.65. The van der Waals surface area contributed by atoms with E-state index in [0.29, 0.717) is 18.8 Å². The fraction of sp³-hybridized carbons (Fsp3) is 0.353. The van der Waals surface area contributed by atoms with Gasteiger partial charge < -0.3 is 9.47 Å². The molecule has 1 aliphatic rings. The van der Waals surface area contributed by atoms with Gasteiger partial charge in [0, 0.05) is 13.0 Å². The van der Waals surface area contributed by atoms with Crippen LogP contribution in [0.2, 0.25) is 0 Å². The predicted molar refractivity (Wildman–Crippen MR) is 83.5 cm³/mol. The van der Waals surface area contributed by atoms with E-state index in [1.807, 2.05) is 30.3 Å². The number of carbonyl (C=O) groups excluding carboxylic acids is 1. The Morgan fingerprint density at radius 3 is 2.78 bits per heavy atom. The molecule has 0 spiro atoms. The molecule has 0 fully saturated rings. The van der Waals surface area contributed by atoms with Crippen LogP contribution in [0.25, 0.3) is 0 Å². The standard InChI is InChI=1S/C17H18N2O4/c1-22-17(21)14-15(23-11-12-7-3-2-4-8-12)16(20)19-10-6-5-9-13(19)18-14/h2-4,7-8H,5-6,9-11H2,1H3. The van der Waals surface area contributed by atoms with E-state index in [2.05, 4.69) is 4.98 Å². The molecule has 0 aliphatic carbocycles. The van der Waals surface area contributed by atoms with E-state index in [1.54, 1.807) is 4.57 Å². The number of esters is 1. The Kier molecular flexibility index (Phi) is 4.41. The summed E-state index contributed by atoms with van der Waals surface area (Å²) in [5, 5.41) is 0. The zero-order valence-electron chi connectivity index (χ0n) is 12.9. The van der Waals surface area contributed by atoms with Crippen molar-refractivity contribution >= 4 is 5.97 Å². The van der Waals surface area contributed by atoms with Crippen LogP contribution in [0.1, 0.15) is 34.7 Å². The number of aryl methyl sites for hydroxylation is 1. The second-order valence-corrected chi connectivity index (χ2v) is 5.39. The lowest BCUT2D eigenvalue weighted by molar-refractivity contribution is 0.0586. The van der Waals surface area contributed by atoms with E-state index in [1.165, 1.54) is 7.11 Å². The summed E-state index contributed by atoms with van der Waals surface area (Å²) >= 11 is 0. The highest BCUT2D eigenvalue weighted by Crippen LogP contribution is 2.19. The SMILES string of the molecule is COC(=O)c1nc2n(c(=O)c1OCc1ccccc1)CCCC2. The van der Waals surface area contributed by atoms with Crippen molar-refractivity contribution in [3.05, 3.63) is 57.8 Å². The maximum Gasteiger partial charge on any atom is 0.360 e. The van der Waals surface area contributed by atoms with Gasteiger partial charge in [-0.15, -0.1) is 0 Å². The molecule has 6 nitrogen and oxygen atoms in total. The number of methoxy groups -OCH3 is 1. The molecule has 0 amide bonds. The molecule has 0 unspecified atom stereocenters. The molecule has 1 aliphatic heterocycles. The van der Waals surface area contributed by atoms with Gasteiger partial charge in [0.05, 0.1) is 7.11 Å². The molecule has 1 aromatic carbocycles. The second kappa shape index (κ2) is 6.64. The first-order valence-corrected chi connectivity index (χ1v) is 7.59. The Labute approximate surface area is 133 Å². The minimum Gasteiger partial charge on any atom is -0.481 e. The van der Waals surface area contributed by atoms with Crippen molar-refractivity contribution in [2.45, 2.75) is 32.4 Å². The van der Waals surface area contributed by atoms with Gasteiger partial charge in [-0.05, 0) is 18.4 Å². The van der Waals surface area contributed by atoms with Gasteiger partial charge in [0.25, 0.3) is 5.56 Å². The van der Waals surface area contributed by atoms with Crippen LogP contribution in [0.3, 0.4) is 0 Å². The summed E-state index contributed by atoms with van der Waals surface area (Å²) in [6.07, 6.45) is 2.56. The van der Waals surface area contributed by atoms with Crippen molar-refractivity contribution in [2.24, 2.45) is 0 Å². The molecule has 120 valence electrons. The van der Waals surface area contributed by atoms with Gasteiger partial charge in [0.1, 0.15) is 12.4 Å². The van der Waals surface area contributed by atoms with Crippen LogP contribution in [-0.2, 0) is 24.3 Å². The van der Waals surface area contributed by atoms with E-state index >= 15 is 0 Å². The van der Waals surface area contributed by atoms with Gasteiger partial charge in [-0.3, -0.25) is 9.36 Å². The average molecular weight is 314 g/mol. The largest absolute Gasteiger partial charge is 0.481 e. The van der Waals surface area contributed by atoms with Gasteiger partial charge >= 0.3 is 5.97 Å². The molecule has 2 aromatic rings. The number of fused-ring (bicyclic) bond motifs is 1. The quantitative estimate of drug-likeness (QED) is 0.807. The smallest absolute Gasteiger partial charge is 0.360 e. The highest BCUT2D eigenvalue weighted by Gasteiger charge is 2.25. The first kappa shape index (κ1) is 15.3. The third-order valence-corrected chi connectivity index (χ3v) is 3.84. The van der Waals surface area contributed by atoms with E-state index in [4.69, 9.17) is 9.47 Å². The minimum absolute atomic E-state index is 0.0358. The predicted octanol–water partition coefficient (Wildman–Crippen LogP) is 1.95. The number of benzene rings is 1. The number of rotatable bonds is 4. The van der Waals surface area contributed by atoms with Gasteiger partial charge in [0.15, 0.2) is 5.69 Å². The Morgan fingerprint density at radius 1 is 1.26 bits per heavy atom. The Morgan fingerprint density at radius 2 is 2.04 bits per heavy atom. The number of hydrogen-bond acceptors (Lipinski definition) is 5. The minimum atomic E-state index is -0.654. The third-order valence-electron chi connectivity index (χ3n) is 3.84. The lowest BCUT2D eigenvalue weighted by atomic mass is 10.1. The lowest BCUT2D eigenvalue weighted by Gasteiger charge is -2.19. The Balaban J connectivity index is 1.99. The number of hydrogen-bond donors (Lipinski definition) is 0. The molecule has 3 rings (SSSR count). The first-order chi connectivity index (χ1) is 11.2. The zero-order chi connectivity index (χ0) is 16.2. The summed E-state index contributed by atoms with van der Waals surface area (Å²) in [6, 6.07) is 9.46. The van der Waals surface area contributed by atoms with Gasteiger partial charge in [-0.25, -0.2) is 9.78 Å². The molecular formula is C17H18N2O4. The topological polar surface area (TPSA) is 70.4 Å². The van der Waals surface area contributed by atoms with E-state index in [-0.39, 0.29) is 23.6 Å². The van der Waals surface area contributed by atoms with Gasteiger partial charge in [-0.2, -0.15) is 0 Å². The number of aromatic nitrogens is 2. The Bertz CT molecular complexity index is 768. The van der Waals surface area contributed by atoms with Crippen molar-refractivity contribution in [3.8, 4) is 5.75 Å². The van der Waals surface area contributed by atoms with Gasteiger partial charge in [-0.1, -0.05) is 30.3 Å². The molecule has 2 heterocycles. The van der Waals surface area contributed by atoms with E-state index in [9.17, 15) is 9.59 Å². The summed E-state index contributed by atoms with van der Waals surface area (Å²) in [4.78, 5) is 29.0. The van der Waals surface area contributed by atoms with Crippen LogP contribution in [0, 0.1) is 0 Å². The molecule has 6 heteroatoms. The van der Waals surface area contributed by atoms with Crippen molar-refractivity contribution in [1.29, 1.82) is 0 Å². The molecule has 0 atom stereocenters. The van der Waals surface area contributed by atoms with Gasteiger partial charge in [0.2, 0.25) is 5.75 Å². The number of carbonyl (C=O) groups is 1. The van der Waals surface area contributed by atoms with Crippen LogP contribution in [-0.4, -0.2) is 22.6 Å². The number of nitrogens with zero attached hydrogens (tertiary/aromatic N) is 2. The van der Waals surface area contributed by atoms with Crippen molar-refractivity contribution in [3.63, 3.8) is 0 Å². The monoisotopic (exact) mass is 314 g/mol. The molecular weight excluding hydrogens is 296 g/mol. The summed E-state index contributed by atoms with van der Waals surface area (Å²) in [7, 11) is 1.27. The Hall–Kier alpha value is -2.63. The average Bonchev–Trinajstić information content (AvgIpc) is 2.61. The van der Waals surface area contributed by atoms with Crippen molar-refractivity contribution < 1.29 is 14.3 Å². The third kappa shape index (κ3) is 3.11. The zero-order valence-corrected chi connectivity index (χ0v) is 12.9. The summed E-state index contributed by atoms with van der Waals surface area (Å²) in [5.41, 5.74) is 0.554. The van der Waals surface area contributed by atoms with Crippen LogP contribution < -0.4 is 10.3 Å². The summed E-state index contributed by atoms with van der Waals surface area (Å²) in [6.45, 7) is 0.797. The fourth-order valence-electron chi connectivity index (χ4n) is 2.65. The maximum atomic E-state index is 12.7. The number of ether oxygens (including phenoxy) is 2. The van der Waals surface area contributed by atoms with Crippen molar-refractivity contribution in [1.82, 2.24) is 9.55 Å². The molecule has 0 N–H and O–H groups in total. The highest BCUT2D eigenvalue weighted by molar-refractivity contribution is 5.90. The first-order valence-electron chi connectivity index (χ1n) is 7.59. The van der Waals surface area contributed by atoms with E-state index in [0.717, 1.165) is 18.4 Å². The molecule has 0 radical (unpaired) electrons. The second-order valence-electron chi connectivity index (χ2n) is 5.39. The van der Waals surface area contributed by atoms with E-state index < -0.39 is 5.97 Å². The molecule has 1 aromatic heterocycles. The molecule has 0 saturated carbocycles. The molecule has 0 bridgehead atoms. The molecule has 0 saturated heterocycles. The van der Waals surface area contributed by atoms with Crippen LogP contribution in [0.15, 0.2) is 35.1 Å². The van der Waals surface area contributed by atoms with Crippen LogP contribution >= 0.6 is 0 Å². The van der Waals surface area contributed by atoms with Crippen LogP contribution in [0.5, 0.6) is 5.75 Å². The maximum absolute atomic E-state index is 12.7. The summed E-state index contributed by atoms with van der Waals surface area (Å²) in [5.74, 6) is -0.0702. The lowest BCUT2D eigenvalue weighted by Crippen LogP contribution is -2.32.